The van der Waals surface area contributed by atoms with Crippen molar-refractivity contribution >= 4 is 28.5 Å². The quantitative estimate of drug-likeness (QED) is 0.739. The Morgan fingerprint density at radius 1 is 1.19 bits per heavy atom. The van der Waals surface area contributed by atoms with Gasteiger partial charge in [0, 0.05) is 12.3 Å². The molecular formula is C16H12N2O2S. The van der Waals surface area contributed by atoms with Crippen LogP contribution in [0.1, 0.15) is 5.76 Å². The van der Waals surface area contributed by atoms with Gasteiger partial charge in [-0.3, -0.25) is 10.1 Å². The van der Waals surface area contributed by atoms with Crippen molar-refractivity contribution in [3.63, 3.8) is 0 Å². The highest BCUT2D eigenvalue weighted by Gasteiger charge is 2.06. The van der Waals surface area contributed by atoms with E-state index in [-0.39, 0.29) is 5.91 Å². The molecule has 5 heteroatoms. The maximum atomic E-state index is 11.8. The molecule has 0 aliphatic heterocycles. The highest BCUT2D eigenvalue weighted by molar-refractivity contribution is 7.19. The molecule has 0 fully saturated rings. The average molecular weight is 296 g/mol. The van der Waals surface area contributed by atoms with E-state index in [1.54, 1.807) is 30.7 Å². The first-order chi connectivity index (χ1) is 10.3. The van der Waals surface area contributed by atoms with Gasteiger partial charge in [-0.2, -0.15) is 0 Å². The minimum Gasteiger partial charge on any atom is -0.465 e. The molecule has 1 N–H and O–H groups in total. The number of hydrogen-bond donors (Lipinski definition) is 1. The van der Waals surface area contributed by atoms with Crippen molar-refractivity contribution in [2.75, 3.05) is 5.32 Å². The summed E-state index contributed by atoms with van der Waals surface area (Å²) < 4.78 is 5.12. The van der Waals surface area contributed by atoms with E-state index in [1.165, 1.54) is 17.4 Å². The van der Waals surface area contributed by atoms with Crippen LogP contribution in [0, 0.1) is 0 Å². The molecule has 0 aliphatic carbocycles. The van der Waals surface area contributed by atoms with E-state index in [1.807, 2.05) is 30.3 Å². The van der Waals surface area contributed by atoms with Gasteiger partial charge in [0.2, 0.25) is 5.91 Å². The number of hydrogen-bond acceptors (Lipinski definition) is 4. The molecule has 0 saturated carbocycles. The Balaban J connectivity index is 1.66. The third-order valence-corrected chi connectivity index (χ3v) is 3.70. The Morgan fingerprint density at radius 2 is 2.05 bits per heavy atom. The lowest BCUT2D eigenvalue weighted by atomic mass is 10.2. The van der Waals surface area contributed by atoms with Crippen LogP contribution in [-0.2, 0) is 4.79 Å². The molecule has 0 aliphatic rings. The summed E-state index contributed by atoms with van der Waals surface area (Å²) in [5.74, 6) is 0.398. The zero-order chi connectivity index (χ0) is 14.5. The van der Waals surface area contributed by atoms with E-state index >= 15 is 0 Å². The van der Waals surface area contributed by atoms with Gasteiger partial charge in [0.1, 0.15) is 5.76 Å². The van der Waals surface area contributed by atoms with Gasteiger partial charge in [-0.1, -0.05) is 41.7 Å². The minimum absolute atomic E-state index is 0.236. The molecule has 2 aromatic heterocycles. The smallest absolute Gasteiger partial charge is 0.250 e. The molecule has 4 nitrogen and oxygen atoms in total. The molecule has 0 unspecified atom stereocenters. The van der Waals surface area contributed by atoms with Crippen molar-refractivity contribution in [3.05, 3.63) is 66.8 Å². The van der Waals surface area contributed by atoms with Crippen LogP contribution in [0.15, 0.2) is 65.4 Å². The van der Waals surface area contributed by atoms with Crippen molar-refractivity contribution in [3.8, 4) is 10.4 Å². The average Bonchev–Trinajstić information content (AvgIpc) is 3.17. The summed E-state index contributed by atoms with van der Waals surface area (Å²) in [5, 5.41) is 3.31. The Kier molecular flexibility index (Phi) is 3.93. The molecule has 3 rings (SSSR count). The SMILES string of the molecule is O=C(/C=C/c1ccco1)Nc1ncc(-c2ccccc2)s1. The van der Waals surface area contributed by atoms with Crippen LogP contribution in [0.5, 0.6) is 0 Å². The van der Waals surface area contributed by atoms with Crippen molar-refractivity contribution in [1.29, 1.82) is 0 Å². The first-order valence-electron chi connectivity index (χ1n) is 6.35. The fourth-order valence-corrected chi connectivity index (χ4v) is 2.58. The zero-order valence-electron chi connectivity index (χ0n) is 11.0. The van der Waals surface area contributed by atoms with E-state index in [0.717, 1.165) is 10.4 Å². The third kappa shape index (κ3) is 3.46. The van der Waals surface area contributed by atoms with Crippen LogP contribution >= 0.6 is 11.3 Å². The number of rotatable bonds is 4. The van der Waals surface area contributed by atoms with Crippen molar-refractivity contribution in [2.45, 2.75) is 0 Å². The minimum atomic E-state index is -0.236. The Bertz CT molecular complexity index is 746. The van der Waals surface area contributed by atoms with Gasteiger partial charge in [-0.15, -0.1) is 0 Å². The van der Waals surface area contributed by atoms with E-state index < -0.39 is 0 Å². The highest BCUT2D eigenvalue weighted by atomic mass is 32.1. The van der Waals surface area contributed by atoms with Gasteiger partial charge in [0.15, 0.2) is 5.13 Å². The second kappa shape index (κ2) is 6.19. The van der Waals surface area contributed by atoms with Crippen LogP contribution in [0.4, 0.5) is 5.13 Å². The zero-order valence-corrected chi connectivity index (χ0v) is 11.8. The molecule has 0 bridgehead atoms. The van der Waals surface area contributed by atoms with Crippen LogP contribution < -0.4 is 5.32 Å². The highest BCUT2D eigenvalue weighted by Crippen LogP contribution is 2.28. The number of aromatic nitrogens is 1. The number of nitrogens with one attached hydrogen (secondary N) is 1. The fourth-order valence-electron chi connectivity index (χ4n) is 1.76. The summed E-state index contributed by atoms with van der Waals surface area (Å²) in [6.07, 6.45) is 6.35. The predicted molar refractivity (Wildman–Crippen MR) is 83.9 cm³/mol. The Morgan fingerprint density at radius 3 is 2.81 bits per heavy atom. The largest absolute Gasteiger partial charge is 0.465 e. The van der Waals surface area contributed by atoms with Crippen LogP contribution in [0.2, 0.25) is 0 Å². The number of amides is 1. The van der Waals surface area contributed by atoms with E-state index in [2.05, 4.69) is 10.3 Å². The second-order valence-corrected chi connectivity index (χ2v) is 5.26. The lowest BCUT2D eigenvalue weighted by molar-refractivity contribution is -0.111. The predicted octanol–water partition coefficient (Wildman–Crippen LogP) is 4.06. The first-order valence-corrected chi connectivity index (χ1v) is 7.17. The summed E-state index contributed by atoms with van der Waals surface area (Å²) >= 11 is 1.44. The molecule has 1 amide bonds. The van der Waals surface area contributed by atoms with Gasteiger partial charge in [0.05, 0.1) is 11.1 Å². The van der Waals surface area contributed by atoms with Crippen LogP contribution in [0.3, 0.4) is 0 Å². The fraction of sp³-hybridized carbons (Fsp3) is 0. The molecule has 104 valence electrons. The molecule has 21 heavy (non-hydrogen) atoms. The van der Waals surface area contributed by atoms with Gasteiger partial charge in [0.25, 0.3) is 0 Å². The van der Waals surface area contributed by atoms with E-state index in [4.69, 9.17) is 4.42 Å². The summed E-state index contributed by atoms with van der Waals surface area (Å²) in [7, 11) is 0. The summed E-state index contributed by atoms with van der Waals surface area (Å²) in [5.41, 5.74) is 1.08. The van der Waals surface area contributed by atoms with Crippen LogP contribution in [0.25, 0.3) is 16.5 Å². The lowest BCUT2D eigenvalue weighted by Gasteiger charge is -1.95. The maximum Gasteiger partial charge on any atom is 0.250 e. The third-order valence-electron chi connectivity index (χ3n) is 2.74. The standard InChI is InChI=1S/C16H12N2O2S/c19-15(9-8-13-7-4-10-20-13)18-16-17-11-14(21-16)12-5-2-1-3-6-12/h1-11H,(H,17,18,19)/b9-8+. The van der Waals surface area contributed by atoms with Gasteiger partial charge < -0.3 is 4.42 Å². The maximum absolute atomic E-state index is 11.8. The normalized spacial score (nSPS) is 10.9. The number of furan rings is 1. The number of thiazole rings is 1. The van der Waals surface area contributed by atoms with E-state index in [0.29, 0.717) is 10.9 Å². The number of anilines is 1. The summed E-state index contributed by atoms with van der Waals surface area (Å²) in [4.78, 5) is 17.0. The van der Waals surface area contributed by atoms with Gasteiger partial charge >= 0.3 is 0 Å². The van der Waals surface area contributed by atoms with Crippen molar-refractivity contribution < 1.29 is 9.21 Å². The molecule has 3 aromatic rings. The molecule has 0 spiro atoms. The topological polar surface area (TPSA) is 55.1 Å². The first kappa shape index (κ1) is 13.3. The molecule has 0 radical (unpaired) electrons. The second-order valence-electron chi connectivity index (χ2n) is 4.23. The number of nitrogens with zero attached hydrogens (tertiary/aromatic N) is 1. The molecule has 1 aromatic carbocycles. The summed E-state index contributed by atoms with van der Waals surface area (Å²) in [6.45, 7) is 0. The number of carbonyl (C=O) groups excluding carboxylic acids is 1. The summed E-state index contributed by atoms with van der Waals surface area (Å²) in [6, 6.07) is 13.5. The number of benzene rings is 1. The van der Waals surface area contributed by atoms with Gasteiger partial charge in [-0.05, 0) is 23.8 Å². The Hall–Kier alpha value is -2.66. The molecule has 2 heterocycles. The van der Waals surface area contributed by atoms with Crippen molar-refractivity contribution in [2.24, 2.45) is 0 Å². The van der Waals surface area contributed by atoms with Crippen LogP contribution in [-0.4, -0.2) is 10.9 Å². The molecular weight excluding hydrogens is 284 g/mol. The Labute approximate surface area is 125 Å². The molecule has 0 saturated heterocycles. The number of carbonyl (C=O) groups is 1. The lowest BCUT2D eigenvalue weighted by Crippen LogP contribution is -2.06. The van der Waals surface area contributed by atoms with Crippen molar-refractivity contribution in [1.82, 2.24) is 4.98 Å². The molecule has 0 atom stereocenters. The monoisotopic (exact) mass is 296 g/mol. The van der Waals surface area contributed by atoms with E-state index in [9.17, 15) is 4.79 Å². The van der Waals surface area contributed by atoms with Gasteiger partial charge in [-0.25, -0.2) is 4.98 Å².